The molecule has 1 aromatic carbocycles. The maximum Gasteiger partial charge on any atom is 0.402 e. The van der Waals surface area contributed by atoms with Crippen LogP contribution >= 0.6 is 0 Å². The molecule has 0 unspecified atom stereocenters. The fourth-order valence-electron chi connectivity index (χ4n) is 1.75. The van der Waals surface area contributed by atoms with Gasteiger partial charge in [0.25, 0.3) is 0 Å². The summed E-state index contributed by atoms with van der Waals surface area (Å²) in [5.74, 6) is -2.48. The highest BCUT2D eigenvalue weighted by molar-refractivity contribution is 5.96. The van der Waals surface area contributed by atoms with Gasteiger partial charge in [-0.2, -0.15) is 0 Å². The third-order valence-corrected chi connectivity index (χ3v) is 2.55. The van der Waals surface area contributed by atoms with Crippen LogP contribution in [-0.4, -0.2) is 68.0 Å². The quantitative estimate of drug-likeness (QED) is 0.313. The van der Waals surface area contributed by atoms with E-state index in [4.69, 9.17) is 40.2 Å². The van der Waals surface area contributed by atoms with Crippen molar-refractivity contribution in [2.24, 2.45) is 11.5 Å². The molecule has 0 heterocycles. The van der Waals surface area contributed by atoms with Crippen LogP contribution in [-0.2, 0) is 12.8 Å². The zero-order valence-corrected chi connectivity index (χ0v) is 13.5. The van der Waals surface area contributed by atoms with Crippen molar-refractivity contribution < 1.29 is 49.8 Å². The Balaban J connectivity index is 0. The molecule has 12 heteroatoms. The average Bonchev–Trinajstić information content (AvgIpc) is 2.46. The van der Waals surface area contributed by atoms with E-state index < -0.39 is 24.1 Å². The highest BCUT2D eigenvalue weighted by Crippen LogP contribution is 2.19. The van der Waals surface area contributed by atoms with Crippen LogP contribution in [0.4, 0.5) is 9.59 Å². The predicted octanol–water partition coefficient (Wildman–Crippen LogP) is -0.601. The Morgan fingerprint density at radius 3 is 1.15 bits per heavy atom. The van der Waals surface area contributed by atoms with Gasteiger partial charge in [-0.25, -0.2) is 19.2 Å². The van der Waals surface area contributed by atoms with Crippen molar-refractivity contribution in [2.45, 2.75) is 12.8 Å². The first-order valence-corrected chi connectivity index (χ1v) is 6.78. The van der Waals surface area contributed by atoms with E-state index in [0.717, 1.165) is 6.07 Å². The average molecular weight is 376 g/mol. The van der Waals surface area contributed by atoms with Crippen molar-refractivity contribution in [3.63, 3.8) is 0 Å². The number of nitrogens with two attached hydrogens (primary N) is 2. The van der Waals surface area contributed by atoms with Gasteiger partial charge in [0.05, 0.1) is 11.1 Å². The van der Waals surface area contributed by atoms with E-state index >= 15 is 0 Å². The van der Waals surface area contributed by atoms with Crippen LogP contribution in [0.3, 0.4) is 0 Å². The Morgan fingerprint density at radius 1 is 0.692 bits per heavy atom. The second-order valence-electron chi connectivity index (χ2n) is 4.40. The normalized spacial score (nSPS) is 9.00. The van der Waals surface area contributed by atoms with Crippen LogP contribution in [0.2, 0.25) is 0 Å². The smallest absolute Gasteiger partial charge is 0.402 e. The predicted molar refractivity (Wildman–Crippen MR) is 86.4 cm³/mol. The molecule has 2 amide bonds. The topological polar surface area (TPSA) is 242 Å². The Bertz CT molecular complexity index is 586. The summed E-state index contributed by atoms with van der Waals surface area (Å²) >= 11 is 0. The first kappa shape index (κ1) is 24.9. The second-order valence-corrected chi connectivity index (χ2v) is 4.40. The van der Waals surface area contributed by atoms with E-state index in [1.54, 1.807) is 0 Å². The maximum absolute atomic E-state index is 11.0. The lowest BCUT2D eigenvalue weighted by Gasteiger charge is -2.11. The molecule has 1 rings (SSSR count). The summed E-state index contributed by atoms with van der Waals surface area (Å²) in [6.07, 6.45) is -2.42. The number of rotatable bonds is 6. The number of carboxylic acid groups (broad SMARTS) is 4. The Kier molecular flexibility index (Phi) is 12.4. The summed E-state index contributed by atoms with van der Waals surface area (Å²) in [5.41, 5.74) is 8.50. The minimum atomic E-state index is -1.33. The van der Waals surface area contributed by atoms with Crippen molar-refractivity contribution >= 4 is 24.1 Å². The molecule has 0 aromatic heterocycles. The molecule has 0 radical (unpaired) electrons. The number of hydrogen-bond donors (Lipinski definition) is 8. The Hall–Kier alpha value is -3.38. The van der Waals surface area contributed by atoms with Gasteiger partial charge < -0.3 is 42.1 Å². The van der Waals surface area contributed by atoms with Crippen LogP contribution in [0.25, 0.3) is 0 Å². The lowest BCUT2D eigenvalue weighted by molar-refractivity contribution is 0.0694. The van der Waals surface area contributed by atoms with Gasteiger partial charge in [0.1, 0.15) is 0 Å². The fraction of sp³-hybridized carbons (Fsp3) is 0.286. The van der Waals surface area contributed by atoms with Crippen molar-refractivity contribution in [1.82, 2.24) is 0 Å². The zero-order valence-electron chi connectivity index (χ0n) is 13.5. The molecule has 12 nitrogen and oxygen atoms in total. The van der Waals surface area contributed by atoms with Crippen molar-refractivity contribution in [3.05, 3.63) is 34.4 Å². The first-order valence-electron chi connectivity index (χ1n) is 6.78. The fourth-order valence-corrected chi connectivity index (χ4v) is 1.75. The summed E-state index contributed by atoms with van der Waals surface area (Å²) < 4.78 is 0. The van der Waals surface area contributed by atoms with E-state index in [1.165, 1.54) is 6.07 Å². The highest BCUT2D eigenvalue weighted by Gasteiger charge is 2.18. The van der Waals surface area contributed by atoms with Gasteiger partial charge in [-0.3, -0.25) is 0 Å². The molecular formula is C14H20N2O10. The SMILES string of the molecule is NC(=O)O.NC(=O)O.O=C(O)c1cc(C(=O)O)c(CCO)cc1CCO. The molecule has 0 atom stereocenters. The molecular weight excluding hydrogens is 356 g/mol. The number of carbonyl (C=O) groups is 4. The molecule has 0 aliphatic heterocycles. The van der Waals surface area contributed by atoms with Crippen LogP contribution in [0, 0.1) is 0 Å². The molecule has 10 N–H and O–H groups in total. The lowest BCUT2D eigenvalue weighted by atomic mass is 9.95. The zero-order chi connectivity index (χ0) is 20.9. The second kappa shape index (κ2) is 13.0. The third kappa shape index (κ3) is 11.2. The molecule has 0 aliphatic carbocycles. The molecule has 0 spiro atoms. The number of aliphatic hydroxyl groups is 2. The number of benzene rings is 1. The molecule has 0 fully saturated rings. The van der Waals surface area contributed by atoms with Gasteiger partial charge >= 0.3 is 24.1 Å². The molecule has 0 saturated heterocycles. The number of aromatic carboxylic acids is 2. The summed E-state index contributed by atoms with van der Waals surface area (Å²) in [7, 11) is 0. The molecule has 0 saturated carbocycles. The minimum Gasteiger partial charge on any atom is -0.478 e. The van der Waals surface area contributed by atoms with E-state index in [0.29, 0.717) is 11.1 Å². The van der Waals surface area contributed by atoms with Crippen molar-refractivity contribution in [1.29, 1.82) is 0 Å². The van der Waals surface area contributed by atoms with Gasteiger partial charge in [-0.05, 0) is 30.0 Å². The summed E-state index contributed by atoms with van der Waals surface area (Å²) in [6, 6.07) is 2.49. The lowest BCUT2D eigenvalue weighted by Crippen LogP contribution is -2.11. The van der Waals surface area contributed by atoms with Crippen molar-refractivity contribution in [3.8, 4) is 0 Å². The minimum absolute atomic E-state index is 0.125. The standard InChI is InChI=1S/C12H14O6.2CH3NO2/c13-3-1-7-5-8(2-4-14)10(12(17)18)6-9(7)11(15)16;2*2-1(3)4/h5-6,13-14H,1-4H2,(H,15,16)(H,17,18);2*2H2,(H,3,4). The third-order valence-electron chi connectivity index (χ3n) is 2.55. The summed E-state index contributed by atoms with van der Waals surface area (Å²) in [4.78, 5) is 39.6. The van der Waals surface area contributed by atoms with E-state index in [-0.39, 0.29) is 37.2 Å². The Labute approximate surface area is 146 Å². The van der Waals surface area contributed by atoms with Gasteiger partial charge in [-0.15, -0.1) is 0 Å². The largest absolute Gasteiger partial charge is 0.478 e. The van der Waals surface area contributed by atoms with Gasteiger partial charge in [-0.1, -0.05) is 6.07 Å². The van der Waals surface area contributed by atoms with Crippen LogP contribution in [0.5, 0.6) is 0 Å². The molecule has 26 heavy (non-hydrogen) atoms. The van der Waals surface area contributed by atoms with E-state index in [9.17, 15) is 9.59 Å². The van der Waals surface area contributed by atoms with E-state index in [1.807, 2.05) is 0 Å². The van der Waals surface area contributed by atoms with Crippen molar-refractivity contribution in [2.75, 3.05) is 13.2 Å². The number of hydrogen-bond acceptors (Lipinski definition) is 6. The van der Waals surface area contributed by atoms with Crippen LogP contribution in [0.15, 0.2) is 12.1 Å². The van der Waals surface area contributed by atoms with Gasteiger partial charge in [0.2, 0.25) is 0 Å². The first-order chi connectivity index (χ1) is 12.0. The monoisotopic (exact) mass is 376 g/mol. The maximum atomic E-state index is 11.0. The van der Waals surface area contributed by atoms with Crippen LogP contribution < -0.4 is 11.5 Å². The van der Waals surface area contributed by atoms with E-state index in [2.05, 4.69) is 11.5 Å². The number of primary amides is 2. The molecule has 1 aromatic rings. The summed E-state index contributed by atoms with van der Waals surface area (Å²) in [6.45, 7) is -0.462. The number of amides is 2. The summed E-state index contributed by atoms with van der Waals surface area (Å²) in [5, 5.41) is 50.1. The highest BCUT2D eigenvalue weighted by atomic mass is 16.4. The number of aliphatic hydroxyl groups excluding tert-OH is 2. The molecule has 146 valence electrons. The number of carboxylic acids is 2. The Morgan fingerprint density at radius 2 is 0.962 bits per heavy atom. The molecule has 0 bridgehead atoms. The molecule has 0 aliphatic rings. The van der Waals surface area contributed by atoms with Crippen LogP contribution in [0.1, 0.15) is 31.8 Å². The van der Waals surface area contributed by atoms with Gasteiger partial charge in [0, 0.05) is 13.2 Å². The van der Waals surface area contributed by atoms with Gasteiger partial charge in [0.15, 0.2) is 0 Å².